The fourth-order valence-electron chi connectivity index (χ4n) is 2.09. The number of hydrogen-bond donors (Lipinski definition) is 2. The number of benzene rings is 1. The van der Waals surface area contributed by atoms with E-state index >= 15 is 0 Å². The zero-order valence-electron chi connectivity index (χ0n) is 11.6. The van der Waals surface area contributed by atoms with Crippen molar-refractivity contribution in [3.8, 4) is 0 Å². The highest BCUT2D eigenvalue weighted by molar-refractivity contribution is 5.42. The summed E-state index contributed by atoms with van der Waals surface area (Å²) in [6.45, 7) is 5.09. The number of aromatic nitrogens is 1. The maximum atomic E-state index is 6.31. The molecular formula is C16H21N3. The number of rotatable bonds is 5. The summed E-state index contributed by atoms with van der Waals surface area (Å²) in [7, 11) is 0. The summed E-state index contributed by atoms with van der Waals surface area (Å²) in [5.41, 5.74) is 9.48. The van der Waals surface area contributed by atoms with Gasteiger partial charge in [-0.15, -0.1) is 0 Å². The van der Waals surface area contributed by atoms with E-state index in [1.54, 1.807) is 0 Å². The van der Waals surface area contributed by atoms with Gasteiger partial charge in [0, 0.05) is 12.2 Å². The predicted molar refractivity (Wildman–Crippen MR) is 80.2 cm³/mol. The maximum absolute atomic E-state index is 6.31. The Morgan fingerprint density at radius 3 is 2.53 bits per heavy atom. The molecule has 19 heavy (non-hydrogen) atoms. The summed E-state index contributed by atoms with van der Waals surface area (Å²) in [5.74, 6) is 0.920. The first-order valence-electron chi connectivity index (χ1n) is 6.74. The maximum Gasteiger partial charge on any atom is 0.126 e. The van der Waals surface area contributed by atoms with Crippen LogP contribution in [0, 0.1) is 6.92 Å². The van der Waals surface area contributed by atoms with Crippen LogP contribution in [0.4, 0.5) is 5.82 Å². The van der Waals surface area contributed by atoms with Gasteiger partial charge in [-0.05, 0) is 30.5 Å². The fraction of sp³-hybridized carbons (Fsp3) is 0.312. The minimum Gasteiger partial charge on any atom is -0.370 e. The summed E-state index contributed by atoms with van der Waals surface area (Å²) >= 11 is 0. The van der Waals surface area contributed by atoms with Crippen molar-refractivity contribution >= 4 is 5.82 Å². The van der Waals surface area contributed by atoms with Crippen molar-refractivity contribution in [1.29, 1.82) is 0 Å². The number of nitrogens with zero attached hydrogens (tertiary/aromatic N) is 1. The van der Waals surface area contributed by atoms with Gasteiger partial charge < -0.3 is 11.1 Å². The second kappa shape index (κ2) is 6.34. The van der Waals surface area contributed by atoms with Gasteiger partial charge in [-0.3, -0.25) is 0 Å². The van der Waals surface area contributed by atoms with Crippen LogP contribution in [0.15, 0.2) is 42.5 Å². The molecule has 2 aromatic rings. The van der Waals surface area contributed by atoms with Gasteiger partial charge in [-0.25, -0.2) is 4.98 Å². The molecular weight excluding hydrogens is 234 g/mol. The summed E-state index contributed by atoms with van der Waals surface area (Å²) in [6.07, 6.45) is 1.09. The van der Waals surface area contributed by atoms with Crippen molar-refractivity contribution in [3.05, 3.63) is 59.3 Å². The Morgan fingerprint density at radius 2 is 1.89 bits per heavy atom. The lowest BCUT2D eigenvalue weighted by Gasteiger charge is -2.15. The van der Waals surface area contributed by atoms with Crippen LogP contribution in [-0.2, 0) is 0 Å². The molecule has 3 nitrogen and oxygen atoms in total. The Bertz CT molecular complexity index is 523. The third kappa shape index (κ3) is 3.32. The summed E-state index contributed by atoms with van der Waals surface area (Å²) in [4.78, 5) is 4.57. The number of nitrogens with two attached hydrogens (primary N) is 1. The Kier molecular flexibility index (Phi) is 4.53. The highest BCUT2D eigenvalue weighted by Crippen LogP contribution is 2.22. The van der Waals surface area contributed by atoms with E-state index < -0.39 is 0 Å². The van der Waals surface area contributed by atoms with E-state index in [0.717, 1.165) is 35.6 Å². The Morgan fingerprint density at radius 1 is 1.16 bits per heavy atom. The van der Waals surface area contributed by atoms with Crippen LogP contribution >= 0.6 is 0 Å². The molecule has 0 radical (unpaired) electrons. The smallest absolute Gasteiger partial charge is 0.126 e. The lowest BCUT2D eigenvalue weighted by Crippen LogP contribution is -2.14. The van der Waals surface area contributed by atoms with E-state index in [0.29, 0.717) is 0 Å². The highest BCUT2D eigenvalue weighted by Gasteiger charge is 2.12. The molecule has 1 aromatic heterocycles. The molecule has 3 N–H and O–H groups in total. The molecule has 1 atom stereocenters. The molecule has 0 spiro atoms. The molecule has 1 aromatic carbocycles. The number of anilines is 1. The van der Waals surface area contributed by atoms with Crippen molar-refractivity contribution in [1.82, 2.24) is 4.98 Å². The van der Waals surface area contributed by atoms with E-state index in [-0.39, 0.29) is 6.04 Å². The highest BCUT2D eigenvalue weighted by atomic mass is 15.0. The SMILES string of the molecule is CCCNc1ccc([C@@H](N)c2ccccc2)c(C)n1. The minimum absolute atomic E-state index is 0.117. The lowest BCUT2D eigenvalue weighted by molar-refractivity contribution is 0.847. The summed E-state index contributed by atoms with van der Waals surface area (Å²) in [6, 6.07) is 14.1. The van der Waals surface area contributed by atoms with Gasteiger partial charge in [0.2, 0.25) is 0 Å². The molecule has 0 aliphatic rings. The van der Waals surface area contributed by atoms with Crippen molar-refractivity contribution in [2.75, 3.05) is 11.9 Å². The fourth-order valence-corrected chi connectivity index (χ4v) is 2.09. The van der Waals surface area contributed by atoms with Crippen LogP contribution in [0.2, 0.25) is 0 Å². The number of aryl methyl sites for hydroxylation is 1. The normalized spacial score (nSPS) is 12.2. The van der Waals surface area contributed by atoms with Gasteiger partial charge in [-0.1, -0.05) is 43.3 Å². The first kappa shape index (κ1) is 13.6. The molecule has 0 bridgehead atoms. The Labute approximate surface area is 114 Å². The second-order valence-electron chi connectivity index (χ2n) is 4.69. The summed E-state index contributed by atoms with van der Waals surface area (Å²) in [5, 5.41) is 3.29. The molecule has 0 amide bonds. The number of hydrogen-bond acceptors (Lipinski definition) is 3. The molecule has 0 aliphatic carbocycles. The van der Waals surface area contributed by atoms with Crippen LogP contribution in [0.1, 0.15) is 36.2 Å². The Balaban J connectivity index is 2.21. The van der Waals surface area contributed by atoms with Gasteiger partial charge in [0.05, 0.1) is 6.04 Å². The van der Waals surface area contributed by atoms with E-state index in [9.17, 15) is 0 Å². The lowest BCUT2D eigenvalue weighted by atomic mass is 9.99. The van der Waals surface area contributed by atoms with Crippen LogP contribution < -0.4 is 11.1 Å². The monoisotopic (exact) mass is 255 g/mol. The molecule has 0 fully saturated rings. The first-order valence-corrected chi connectivity index (χ1v) is 6.74. The number of nitrogens with one attached hydrogen (secondary N) is 1. The zero-order valence-corrected chi connectivity index (χ0v) is 11.6. The first-order chi connectivity index (χ1) is 9.22. The van der Waals surface area contributed by atoms with Crippen LogP contribution in [0.25, 0.3) is 0 Å². The average molecular weight is 255 g/mol. The molecule has 0 unspecified atom stereocenters. The van der Waals surface area contributed by atoms with E-state index in [2.05, 4.69) is 23.3 Å². The van der Waals surface area contributed by atoms with E-state index in [1.165, 1.54) is 0 Å². The standard InChI is InChI=1S/C16H21N3/c1-3-11-18-15-10-9-14(12(2)19-15)16(17)13-7-5-4-6-8-13/h4-10,16H,3,11,17H2,1-2H3,(H,18,19)/t16-/m0/s1. The molecule has 1 heterocycles. The molecule has 0 saturated carbocycles. The molecule has 100 valence electrons. The quantitative estimate of drug-likeness (QED) is 0.862. The third-order valence-electron chi connectivity index (χ3n) is 3.18. The van der Waals surface area contributed by atoms with Gasteiger partial charge in [-0.2, -0.15) is 0 Å². The zero-order chi connectivity index (χ0) is 13.7. The molecule has 3 heteroatoms. The summed E-state index contributed by atoms with van der Waals surface area (Å²) < 4.78 is 0. The number of pyridine rings is 1. The predicted octanol–water partition coefficient (Wildman–Crippen LogP) is 3.26. The third-order valence-corrected chi connectivity index (χ3v) is 3.18. The van der Waals surface area contributed by atoms with Crippen LogP contribution in [0.3, 0.4) is 0 Å². The molecule has 0 aliphatic heterocycles. The van der Waals surface area contributed by atoms with Crippen molar-refractivity contribution < 1.29 is 0 Å². The largest absolute Gasteiger partial charge is 0.370 e. The van der Waals surface area contributed by atoms with Crippen LogP contribution in [-0.4, -0.2) is 11.5 Å². The van der Waals surface area contributed by atoms with Gasteiger partial charge in [0.25, 0.3) is 0 Å². The van der Waals surface area contributed by atoms with E-state index in [1.807, 2.05) is 43.3 Å². The second-order valence-corrected chi connectivity index (χ2v) is 4.69. The van der Waals surface area contributed by atoms with Gasteiger partial charge >= 0.3 is 0 Å². The van der Waals surface area contributed by atoms with Crippen LogP contribution in [0.5, 0.6) is 0 Å². The molecule has 0 saturated heterocycles. The Hall–Kier alpha value is -1.87. The topological polar surface area (TPSA) is 50.9 Å². The van der Waals surface area contributed by atoms with Crippen molar-refractivity contribution in [2.45, 2.75) is 26.3 Å². The van der Waals surface area contributed by atoms with Crippen molar-refractivity contribution in [3.63, 3.8) is 0 Å². The molecule has 2 rings (SSSR count). The average Bonchev–Trinajstić information content (AvgIpc) is 2.45. The van der Waals surface area contributed by atoms with Gasteiger partial charge in [0.15, 0.2) is 0 Å². The van der Waals surface area contributed by atoms with Crippen molar-refractivity contribution in [2.24, 2.45) is 5.73 Å². The van der Waals surface area contributed by atoms with E-state index in [4.69, 9.17) is 5.73 Å². The van der Waals surface area contributed by atoms with Gasteiger partial charge in [0.1, 0.15) is 5.82 Å². The minimum atomic E-state index is -0.117.